The van der Waals surface area contributed by atoms with E-state index in [4.69, 9.17) is 0 Å². The predicted octanol–water partition coefficient (Wildman–Crippen LogP) is 0.861. The van der Waals surface area contributed by atoms with Crippen molar-refractivity contribution in [3.8, 4) is 0 Å². The second kappa shape index (κ2) is 2.55. The van der Waals surface area contributed by atoms with Crippen molar-refractivity contribution in [2.45, 2.75) is 0 Å². The van der Waals surface area contributed by atoms with Crippen molar-refractivity contribution in [1.82, 2.24) is 0 Å². The van der Waals surface area contributed by atoms with E-state index in [0.717, 1.165) is 29.4 Å². The van der Waals surface area contributed by atoms with Gasteiger partial charge in [0, 0.05) is 0 Å². The van der Waals surface area contributed by atoms with Crippen LogP contribution in [0.5, 0.6) is 0 Å². The van der Waals surface area contributed by atoms with E-state index in [2.05, 4.69) is 24.3 Å². The molecule has 0 saturated heterocycles. The Kier molecular flexibility index (Phi) is 1.97. The van der Waals surface area contributed by atoms with Gasteiger partial charge in [-0.05, 0) is 0 Å². The van der Waals surface area contributed by atoms with Gasteiger partial charge < -0.3 is 0 Å². The first-order chi connectivity index (χ1) is 3.39. The Labute approximate surface area is 62.2 Å². The minimum absolute atomic E-state index is 0.981. The Bertz CT molecular complexity index is 134. The number of rotatable bonds is 0. The number of hydrogen-bond donors (Lipinski definition) is 0. The summed E-state index contributed by atoms with van der Waals surface area (Å²) in [6.07, 6.45) is 0. The van der Waals surface area contributed by atoms with Crippen molar-refractivity contribution in [2.24, 2.45) is 0 Å². The Morgan fingerprint density at radius 2 is 1.57 bits per heavy atom. The van der Waals surface area contributed by atoms with Crippen molar-refractivity contribution >= 4 is 2.60 Å². The summed E-state index contributed by atoms with van der Waals surface area (Å²) >= 11 is 0.981. The van der Waals surface area contributed by atoms with E-state index >= 15 is 0 Å². The van der Waals surface area contributed by atoms with E-state index in [1.54, 1.807) is 0 Å². The van der Waals surface area contributed by atoms with Gasteiger partial charge in [0.25, 0.3) is 0 Å². The van der Waals surface area contributed by atoms with Crippen LogP contribution in [0.4, 0.5) is 0 Å². The molecule has 7 heavy (non-hydrogen) atoms. The molecular weight excluding hydrogens is 310 g/mol. The molecule has 0 unspecified atom stereocenters. The summed E-state index contributed by atoms with van der Waals surface area (Å²) in [4.78, 5) is 0. The Morgan fingerprint density at radius 3 is 1.86 bits per heavy atom. The molecule has 1 aromatic rings. The zero-order valence-electron chi connectivity index (χ0n) is 3.89. The fourth-order valence-electron chi connectivity index (χ4n) is 0.438. The molecule has 0 aliphatic heterocycles. The van der Waals surface area contributed by atoms with Gasteiger partial charge in [-0.3, -0.25) is 0 Å². The molecule has 1 aromatic carbocycles. The molecule has 0 N–H and O–H groups in total. The van der Waals surface area contributed by atoms with Crippen LogP contribution in [0.2, 0.25) is 0 Å². The van der Waals surface area contributed by atoms with E-state index in [0.29, 0.717) is 0 Å². The Hall–Kier alpha value is 0.272. The molecule has 0 aliphatic rings. The molecule has 0 atom stereocenters. The van der Waals surface area contributed by atoms with Crippen LogP contribution in [-0.4, -0.2) is 0 Å². The first-order valence-corrected chi connectivity index (χ1v) is 4.24. The average molecular weight is 315 g/mol. The first-order valence-electron chi connectivity index (χ1n) is 2.16. The van der Waals surface area contributed by atoms with E-state index in [1.807, 2.05) is 6.07 Å². The first kappa shape index (κ1) is 5.41. The molecule has 0 radical (unpaired) electrons. The predicted molar refractivity (Wildman–Crippen MR) is 26.1 cm³/mol. The SMILES string of the molecule is [U][c]1ccccc1. The van der Waals surface area contributed by atoms with Crippen LogP contribution in [0.3, 0.4) is 0 Å². The summed E-state index contributed by atoms with van der Waals surface area (Å²) in [6, 6.07) is 10.5. The van der Waals surface area contributed by atoms with E-state index < -0.39 is 0 Å². The van der Waals surface area contributed by atoms with E-state index in [-0.39, 0.29) is 0 Å². The summed E-state index contributed by atoms with van der Waals surface area (Å²) in [7, 11) is 0. The maximum atomic E-state index is 2.16. The quantitative estimate of drug-likeness (QED) is 0.666. The van der Waals surface area contributed by atoms with Crippen LogP contribution in [0, 0.1) is 29.4 Å². The van der Waals surface area contributed by atoms with Crippen LogP contribution in [0.25, 0.3) is 0 Å². The molecule has 0 amide bonds. The van der Waals surface area contributed by atoms with E-state index in [9.17, 15) is 0 Å². The van der Waals surface area contributed by atoms with Crippen molar-refractivity contribution in [3.63, 3.8) is 0 Å². The van der Waals surface area contributed by atoms with Crippen LogP contribution in [0.1, 0.15) is 0 Å². The summed E-state index contributed by atoms with van der Waals surface area (Å²) in [5.41, 5.74) is 0. The average Bonchev–Trinajstić information content (AvgIpc) is 1.69. The summed E-state index contributed by atoms with van der Waals surface area (Å²) in [5, 5.41) is 0. The Balaban J connectivity index is 3.02. The number of benzene rings is 1. The van der Waals surface area contributed by atoms with Crippen molar-refractivity contribution in [2.75, 3.05) is 0 Å². The second-order valence-corrected chi connectivity index (χ2v) is 3.77. The van der Waals surface area contributed by atoms with Crippen LogP contribution in [-0.2, 0) is 0 Å². The van der Waals surface area contributed by atoms with Crippen LogP contribution >= 0.6 is 0 Å². The van der Waals surface area contributed by atoms with Gasteiger partial charge in [-0.15, -0.1) is 0 Å². The molecule has 0 spiro atoms. The molecule has 33 valence electrons. The fraction of sp³-hybridized carbons (Fsp3) is 0. The molecular formula is C6H5U. The van der Waals surface area contributed by atoms with Crippen LogP contribution < -0.4 is 2.60 Å². The topological polar surface area (TPSA) is 0 Å². The third kappa shape index (κ3) is 1.67. The summed E-state index contributed by atoms with van der Waals surface area (Å²) < 4.78 is 1.49. The molecule has 0 saturated carbocycles. The molecule has 0 fully saturated rings. The molecule has 0 aliphatic carbocycles. The van der Waals surface area contributed by atoms with Gasteiger partial charge in [-0.1, -0.05) is 0 Å². The van der Waals surface area contributed by atoms with Crippen molar-refractivity contribution in [1.29, 1.82) is 0 Å². The van der Waals surface area contributed by atoms with Gasteiger partial charge in [-0.2, -0.15) is 0 Å². The normalized spacial score (nSPS) is 8.86. The number of hydrogen-bond acceptors (Lipinski definition) is 0. The van der Waals surface area contributed by atoms with Gasteiger partial charge in [-0.25, -0.2) is 0 Å². The van der Waals surface area contributed by atoms with Crippen molar-refractivity contribution < 1.29 is 29.4 Å². The Morgan fingerprint density at radius 1 is 1.00 bits per heavy atom. The summed E-state index contributed by atoms with van der Waals surface area (Å²) in [6.45, 7) is 0. The van der Waals surface area contributed by atoms with Gasteiger partial charge in [0.1, 0.15) is 0 Å². The molecule has 0 aromatic heterocycles. The van der Waals surface area contributed by atoms with Crippen LogP contribution in [0.15, 0.2) is 30.3 Å². The minimum atomic E-state index is 0.981. The van der Waals surface area contributed by atoms with Gasteiger partial charge in [0.15, 0.2) is 0 Å². The fourth-order valence-corrected chi connectivity index (χ4v) is 1.24. The maximum absolute atomic E-state index is 2.16. The van der Waals surface area contributed by atoms with Crippen molar-refractivity contribution in [3.05, 3.63) is 30.3 Å². The monoisotopic (exact) mass is 315 g/mol. The third-order valence-corrected chi connectivity index (χ3v) is 2.16. The molecule has 0 nitrogen and oxygen atoms in total. The van der Waals surface area contributed by atoms with Gasteiger partial charge in [0.05, 0.1) is 0 Å². The molecule has 0 bridgehead atoms. The molecule has 1 heteroatoms. The van der Waals surface area contributed by atoms with Gasteiger partial charge >= 0.3 is 62.4 Å². The molecule has 0 heterocycles. The van der Waals surface area contributed by atoms with E-state index in [1.165, 1.54) is 2.60 Å². The van der Waals surface area contributed by atoms with Gasteiger partial charge in [0.2, 0.25) is 0 Å². The zero-order valence-corrected chi connectivity index (χ0v) is 8.05. The standard InChI is InChI=1S/C6H5.U/c1-2-4-6-5-3-1;/h1-5H;. The third-order valence-electron chi connectivity index (χ3n) is 0.774. The summed E-state index contributed by atoms with van der Waals surface area (Å²) in [5.74, 6) is 0. The molecule has 1 rings (SSSR count). The second-order valence-electron chi connectivity index (χ2n) is 1.37. The zero-order chi connectivity index (χ0) is 5.11.